The molecule has 0 atom stereocenters. The van der Waals surface area contributed by atoms with Gasteiger partial charge < -0.3 is 4.74 Å². The van der Waals surface area contributed by atoms with Crippen LogP contribution in [-0.2, 0) is 4.74 Å². The van der Waals surface area contributed by atoms with Crippen LogP contribution in [-0.4, -0.2) is 19.4 Å². The number of hydrogen-bond donors (Lipinski definition) is 0. The van der Waals surface area contributed by atoms with Crippen molar-refractivity contribution < 1.29 is 4.74 Å². The summed E-state index contributed by atoms with van der Waals surface area (Å²) in [5, 5.41) is 0.224. The van der Waals surface area contributed by atoms with Crippen molar-refractivity contribution in [3.8, 4) is 0 Å². The molecule has 0 rings (SSSR count). The second kappa shape index (κ2) is 3.18. The molecule has 0 aromatic carbocycles. The van der Waals surface area contributed by atoms with Crippen LogP contribution in [0.2, 0.25) is 19.0 Å². The average molecular weight is 156 g/mol. The average Bonchev–Trinajstić information content (AvgIpc) is 1.87. The summed E-state index contributed by atoms with van der Waals surface area (Å²) >= 11 is 0. The molecule has 11 heavy (non-hydrogen) atoms. The van der Waals surface area contributed by atoms with E-state index in [2.05, 4.69) is 41.3 Å². The van der Waals surface area contributed by atoms with Crippen LogP contribution in [0.25, 0.3) is 0 Å². The molecule has 0 N–H and O–H groups in total. The summed E-state index contributed by atoms with van der Waals surface area (Å²) in [6.45, 7) is 13.9. The Morgan fingerprint density at radius 1 is 1.00 bits per heavy atom. The van der Waals surface area contributed by atoms with E-state index in [0.29, 0.717) is 6.71 Å². The summed E-state index contributed by atoms with van der Waals surface area (Å²) in [6, 6.07) is 0. The molecule has 0 unspecified atom stereocenters. The third kappa shape index (κ3) is 1.99. The maximum atomic E-state index is 5.46. The van der Waals surface area contributed by atoms with E-state index in [1.807, 2.05) is 0 Å². The lowest BCUT2D eigenvalue weighted by Gasteiger charge is -2.42. The lowest BCUT2D eigenvalue weighted by Crippen LogP contribution is -2.43. The minimum Gasteiger partial charge on any atom is -0.379 e. The smallest absolute Gasteiger partial charge is 0.143 e. The molecule has 0 fully saturated rings. The first-order chi connectivity index (χ1) is 4.75. The lowest BCUT2D eigenvalue weighted by atomic mass is 9.33. The highest BCUT2D eigenvalue weighted by Gasteiger charge is 2.40. The zero-order valence-corrected chi connectivity index (χ0v) is 8.99. The normalized spacial score (nSPS) is 13.4. The van der Waals surface area contributed by atoms with Gasteiger partial charge in [-0.1, -0.05) is 27.5 Å². The van der Waals surface area contributed by atoms with Gasteiger partial charge in [-0.05, 0) is 19.2 Å². The molecule has 0 radical (unpaired) electrons. The minimum absolute atomic E-state index is 0.0405. The van der Waals surface area contributed by atoms with Crippen molar-refractivity contribution in [3.05, 3.63) is 0 Å². The van der Waals surface area contributed by atoms with Gasteiger partial charge in [0.2, 0.25) is 0 Å². The third-order valence-corrected chi connectivity index (χ3v) is 3.51. The van der Waals surface area contributed by atoms with Crippen molar-refractivity contribution in [3.63, 3.8) is 0 Å². The van der Waals surface area contributed by atoms with Gasteiger partial charge in [-0.3, -0.25) is 0 Å². The van der Waals surface area contributed by atoms with Crippen molar-refractivity contribution in [2.75, 3.05) is 7.11 Å². The zero-order valence-electron chi connectivity index (χ0n) is 8.99. The van der Waals surface area contributed by atoms with Crippen molar-refractivity contribution in [2.45, 2.75) is 52.3 Å². The fraction of sp³-hybridized carbons (Fsp3) is 1.00. The van der Waals surface area contributed by atoms with E-state index in [4.69, 9.17) is 4.74 Å². The highest BCUT2D eigenvalue weighted by Crippen LogP contribution is 2.42. The SMILES string of the molecule is COC(C)(C)C(C)(C)B(C)C. The van der Waals surface area contributed by atoms with Crippen molar-refractivity contribution in [1.29, 1.82) is 0 Å². The van der Waals surface area contributed by atoms with Crippen molar-refractivity contribution in [1.82, 2.24) is 0 Å². The predicted molar refractivity (Wildman–Crippen MR) is 52.6 cm³/mol. The Morgan fingerprint density at radius 3 is 1.45 bits per heavy atom. The van der Waals surface area contributed by atoms with E-state index in [0.717, 1.165) is 0 Å². The van der Waals surface area contributed by atoms with Gasteiger partial charge in [0, 0.05) is 7.11 Å². The number of methoxy groups -OCH3 is 1. The van der Waals surface area contributed by atoms with E-state index >= 15 is 0 Å². The van der Waals surface area contributed by atoms with Crippen LogP contribution in [0.3, 0.4) is 0 Å². The Hall–Kier alpha value is 0.0249. The van der Waals surface area contributed by atoms with Crippen LogP contribution < -0.4 is 0 Å². The molecule has 0 aromatic heterocycles. The summed E-state index contributed by atoms with van der Waals surface area (Å²) in [5.74, 6) is 0. The van der Waals surface area contributed by atoms with Gasteiger partial charge in [-0.25, -0.2) is 0 Å². The molecule has 0 saturated carbocycles. The minimum atomic E-state index is -0.0405. The van der Waals surface area contributed by atoms with Gasteiger partial charge in [0.1, 0.15) is 6.71 Å². The van der Waals surface area contributed by atoms with Gasteiger partial charge in [-0.2, -0.15) is 0 Å². The Balaban J connectivity index is 4.53. The zero-order chi connectivity index (χ0) is 9.28. The maximum Gasteiger partial charge on any atom is 0.143 e. The molecule has 2 heteroatoms. The number of ether oxygens (including phenoxy) is 1. The number of rotatable bonds is 3. The molecule has 1 nitrogen and oxygen atoms in total. The van der Waals surface area contributed by atoms with Gasteiger partial charge >= 0.3 is 0 Å². The summed E-state index contributed by atoms with van der Waals surface area (Å²) < 4.78 is 5.46. The van der Waals surface area contributed by atoms with Gasteiger partial charge in [0.25, 0.3) is 0 Å². The Morgan fingerprint density at radius 2 is 1.36 bits per heavy atom. The topological polar surface area (TPSA) is 9.23 Å². The first-order valence-corrected chi connectivity index (χ1v) is 4.31. The van der Waals surface area contributed by atoms with Crippen LogP contribution in [0.4, 0.5) is 0 Å². The van der Waals surface area contributed by atoms with Gasteiger partial charge in [0.05, 0.1) is 5.60 Å². The third-order valence-electron chi connectivity index (χ3n) is 3.51. The molecule has 66 valence electrons. The van der Waals surface area contributed by atoms with Gasteiger partial charge in [0.15, 0.2) is 0 Å². The molecular weight excluding hydrogens is 135 g/mol. The van der Waals surface area contributed by atoms with E-state index < -0.39 is 0 Å². The summed E-state index contributed by atoms with van der Waals surface area (Å²) in [6.07, 6.45) is 0. The number of hydrogen-bond acceptors (Lipinski definition) is 1. The second-order valence-electron chi connectivity index (χ2n) is 4.59. The molecular formula is C9H21BO. The molecule has 0 heterocycles. The fourth-order valence-corrected chi connectivity index (χ4v) is 0.958. The van der Waals surface area contributed by atoms with Crippen LogP contribution >= 0.6 is 0 Å². The highest BCUT2D eigenvalue weighted by molar-refractivity contribution is 6.59. The summed E-state index contributed by atoms with van der Waals surface area (Å²) in [4.78, 5) is 0. The van der Waals surface area contributed by atoms with Crippen molar-refractivity contribution >= 4 is 6.71 Å². The molecule has 0 aromatic rings. The molecule has 0 spiro atoms. The first-order valence-electron chi connectivity index (χ1n) is 4.31. The van der Waals surface area contributed by atoms with E-state index in [1.54, 1.807) is 7.11 Å². The standard InChI is InChI=1S/C9H21BO/c1-8(2,10(5)6)9(3,4)11-7/h1-7H3. The maximum absolute atomic E-state index is 5.46. The van der Waals surface area contributed by atoms with E-state index in [1.165, 1.54) is 0 Å². The molecule has 0 aliphatic carbocycles. The quantitative estimate of drug-likeness (QED) is 0.570. The molecule has 0 bridgehead atoms. The molecule has 0 amide bonds. The monoisotopic (exact) mass is 156 g/mol. The van der Waals surface area contributed by atoms with E-state index in [9.17, 15) is 0 Å². The van der Waals surface area contributed by atoms with E-state index in [-0.39, 0.29) is 10.9 Å². The first kappa shape index (κ1) is 11.0. The lowest BCUT2D eigenvalue weighted by molar-refractivity contribution is -0.0101. The van der Waals surface area contributed by atoms with Crippen LogP contribution in [0.5, 0.6) is 0 Å². The Labute approximate surface area is 71.6 Å². The van der Waals surface area contributed by atoms with Gasteiger partial charge in [-0.15, -0.1) is 0 Å². The highest BCUT2D eigenvalue weighted by atomic mass is 16.5. The van der Waals surface area contributed by atoms with Crippen LogP contribution in [0.1, 0.15) is 27.7 Å². The summed E-state index contributed by atoms with van der Waals surface area (Å²) in [7, 11) is 1.78. The molecule has 0 aliphatic heterocycles. The Bertz CT molecular complexity index is 128. The van der Waals surface area contributed by atoms with Crippen LogP contribution in [0, 0.1) is 0 Å². The Kier molecular flexibility index (Phi) is 3.19. The summed E-state index contributed by atoms with van der Waals surface area (Å²) in [5.41, 5.74) is -0.0405. The second-order valence-corrected chi connectivity index (χ2v) is 4.59. The van der Waals surface area contributed by atoms with Crippen molar-refractivity contribution in [2.24, 2.45) is 0 Å². The molecule has 0 saturated heterocycles. The predicted octanol–water partition coefficient (Wildman–Crippen LogP) is 2.95. The molecule has 0 aliphatic rings. The fourth-order valence-electron chi connectivity index (χ4n) is 0.958. The largest absolute Gasteiger partial charge is 0.379 e. The van der Waals surface area contributed by atoms with Crippen LogP contribution in [0.15, 0.2) is 0 Å².